The Balaban J connectivity index is 1.54. The fraction of sp³-hybridized carbons (Fsp3) is 0.231. The lowest BCUT2D eigenvalue weighted by atomic mass is 10.2. The molecule has 1 heterocycles. The first-order valence-electron chi connectivity index (χ1n) is 10.9. The maximum absolute atomic E-state index is 12.8. The summed E-state index contributed by atoms with van der Waals surface area (Å²) in [6, 6.07) is 22.1. The molecule has 0 aliphatic rings. The summed E-state index contributed by atoms with van der Waals surface area (Å²) in [6.45, 7) is 5.42. The molecule has 0 radical (unpaired) electrons. The number of nitrogens with one attached hydrogen (secondary N) is 1. The first-order chi connectivity index (χ1) is 16.1. The van der Waals surface area contributed by atoms with Gasteiger partial charge in [-0.2, -0.15) is 0 Å². The number of halogens is 1. The Hall–Kier alpha value is -3.51. The largest absolute Gasteiger partial charge is 0.490 e. The third-order valence-electron chi connectivity index (χ3n) is 5.23. The number of hydrogen-bond donors (Lipinski definition) is 1. The van der Waals surface area contributed by atoms with E-state index in [4.69, 9.17) is 26.1 Å². The normalized spacial score (nSPS) is 11.8. The van der Waals surface area contributed by atoms with Gasteiger partial charge in [0, 0.05) is 10.6 Å². The van der Waals surface area contributed by atoms with Crippen LogP contribution in [-0.4, -0.2) is 28.7 Å². The average Bonchev–Trinajstić information content (AvgIpc) is 3.19. The number of ether oxygens (including phenoxy) is 2. The van der Waals surface area contributed by atoms with Crippen molar-refractivity contribution in [1.82, 2.24) is 14.9 Å². The second-order valence-electron chi connectivity index (χ2n) is 7.54. The zero-order valence-corrected chi connectivity index (χ0v) is 19.4. The Kier molecular flexibility index (Phi) is 7.15. The van der Waals surface area contributed by atoms with E-state index < -0.39 is 0 Å². The van der Waals surface area contributed by atoms with Crippen molar-refractivity contribution in [3.05, 3.63) is 89.2 Å². The first kappa shape index (κ1) is 22.7. The van der Waals surface area contributed by atoms with Gasteiger partial charge in [0.1, 0.15) is 12.4 Å². The average molecular weight is 464 g/mol. The molecule has 0 aliphatic heterocycles. The molecular formula is C26H26ClN3O3. The van der Waals surface area contributed by atoms with Gasteiger partial charge in [0.05, 0.1) is 30.2 Å². The maximum atomic E-state index is 12.8. The quantitative estimate of drug-likeness (QED) is 0.348. The molecule has 33 heavy (non-hydrogen) atoms. The van der Waals surface area contributed by atoms with E-state index >= 15 is 0 Å². The molecule has 0 aliphatic carbocycles. The minimum atomic E-state index is -0.320. The molecule has 0 bridgehead atoms. The molecule has 1 unspecified atom stereocenters. The van der Waals surface area contributed by atoms with Crippen LogP contribution in [0.4, 0.5) is 0 Å². The van der Waals surface area contributed by atoms with Gasteiger partial charge >= 0.3 is 0 Å². The van der Waals surface area contributed by atoms with Crippen LogP contribution in [0.1, 0.15) is 36.1 Å². The van der Waals surface area contributed by atoms with Crippen LogP contribution in [0.5, 0.6) is 11.5 Å². The Labute approximate surface area is 198 Å². The van der Waals surface area contributed by atoms with Crippen molar-refractivity contribution in [3.8, 4) is 11.5 Å². The van der Waals surface area contributed by atoms with Gasteiger partial charge in [0.25, 0.3) is 5.91 Å². The zero-order valence-electron chi connectivity index (χ0n) is 18.6. The van der Waals surface area contributed by atoms with Crippen LogP contribution in [0.2, 0.25) is 5.02 Å². The number of nitrogens with zero attached hydrogens (tertiary/aromatic N) is 2. The fourth-order valence-electron chi connectivity index (χ4n) is 3.72. The zero-order chi connectivity index (χ0) is 23.2. The molecule has 1 amide bonds. The van der Waals surface area contributed by atoms with Crippen molar-refractivity contribution >= 4 is 28.5 Å². The summed E-state index contributed by atoms with van der Waals surface area (Å²) < 4.78 is 13.8. The van der Waals surface area contributed by atoms with Gasteiger partial charge in [-0.3, -0.25) is 4.79 Å². The number of fused-ring (bicyclic) bond motifs is 1. The highest BCUT2D eigenvalue weighted by Gasteiger charge is 2.19. The van der Waals surface area contributed by atoms with Crippen LogP contribution in [0.15, 0.2) is 72.8 Å². The Bertz CT molecular complexity index is 1250. The number of carbonyl (C=O) groups excluding carboxylic acids is 1. The minimum Gasteiger partial charge on any atom is -0.490 e. The molecule has 0 saturated heterocycles. The van der Waals surface area contributed by atoms with Crippen LogP contribution in [0.25, 0.3) is 11.0 Å². The Morgan fingerprint density at radius 2 is 1.76 bits per heavy atom. The molecule has 1 N–H and O–H groups in total. The van der Waals surface area contributed by atoms with Gasteiger partial charge in [0.2, 0.25) is 0 Å². The van der Waals surface area contributed by atoms with Crippen LogP contribution in [0, 0.1) is 0 Å². The minimum absolute atomic E-state index is 0.203. The van der Waals surface area contributed by atoms with Crippen molar-refractivity contribution in [1.29, 1.82) is 0 Å². The second-order valence-corrected chi connectivity index (χ2v) is 7.98. The van der Waals surface area contributed by atoms with E-state index in [1.54, 1.807) is 24.3 Å². The van der Waals surface area contributed by atoms with Crippen molar-refractivity contribution in [3.63, 3.8) is 0 Å². The van der Waals surface area contributed by atoms with E-state index in [1.807, 2.05) is 62.4 Å². The smallest absolute Gasteiger partial charge is 0.251 e. The molecule has 1 aromatic heterocycles. The number of carbonyl (C=O) groups is 1. The summed E-state index contributed by atoms with van der Waals surface area (Å²) in [5.41, 5.74) is 2.36. The summed E-state index contributed by atoms with van der Waals surface area (Å²) in [6.07, 6.45) is 0. The van der Waals surface area contributed by atoms with Gasteiger partial charge in [-0.25, -0.2) is 4.98 Å². The van der Waals surface area contributed by atoms with Crippen LogP contribution < -0.4 is 14.8 Å². The highest BCUT2D eigenvalue weighted by Crippen LogP contribution is 2.27. The third kappa shape index (κ3) is 5.29. The van der Waals surface area contributed by atoms with E-state index in [0.717, 1.165) is 22.6 Å². The summed E-state index contributed by atoms with van der Waals surface area (Å²) in [7, 11) is 0. The Morgan fingerprint density at radius 1 is 1.03 bits per heavy atom. The van der Waals surface area contributed by atoms with Crippen LogP contribution in [0.3, 0.4) is 0 Å². The monoisotopic (exact) mass is 463 g/mol. The third-order valence-corrected chi connectivity index (χ3v) is 5.46. The van der Waals surface area contributed by atoms with E-state index in [9.17, 15) is 4.79 Å². The lowest BCUT2D eigenvalue weighted by Crippen LogP contribution is -2.29. The van der Waals surface area contributed by atoms with Crippen molar-refractivity contribution < 1.29 is 14.3 Å². The lowest BCUT2D eigenvalue weighted by Gasteiger charge is -2.17. The standard InChI is InChI=1S/C26H26ClN3O3/c1-3-32-23-13-6-7-14-24(23)33-16-15-30-22-12-5-4-11-21(22)29-25(30)18(2)28-26(31)19-9-8-10-20(27)17-19/h4-14,17-18H,3,15-16H2,1-2H3,(H,28,31). The predicted molar refractivity (Wildman–Crippen MR) is 130 cm³/mol. The first-order valence-corrected chi connectivity index (χ1v) is 11.3. The highest BCUT2D eigenvalue weighted by molar-refractivity contribution is 6.30. The summed E-state index contributed by atoms with van der Waals surface area (Å²) in [5.74, 6) is 1.98. The molecule has 7 heteroatoms. The fourth-order valence-corrected chi connectivity index (χ4v) is 3.92. The summed E-state index contributed by atoms with van der Waals surface area (Å²) in [4.78, 5) is 17.6. The predicted octanol–water partition coefficient (Wildman–Crippen LogP) is 5.66. The molecule has 6 nitrogen and oxygen atoms in total. The SMILES string of the molecule is CCOc1ccccc1OCCn1c(C(C)NC(=O)c2cccc(Cl)c2)nc2ccccc21. The van der Waals surface area contributed by atoms with Gasteiger partial charge < -0.3 is 19.4 Å². The molecule has 0 fully saturated rings. The Morgan fingerprint density at radius 3 is 2.52 bits per heavy atom. The van der Waals surface area contributed by atoms with Crippen molar-refractivity contribution in [2.75, 3.05) is 13.2 Å². The van der Waals surface area contributed by atoms with Crippen LogP contribution >= 0.6 is 11.6 Å². The van der Waals surface area contributed by atoms with Gasteiger partial charge in [-0.05, 0) is 56.3 Å². The number of rotatable bonds is 9. The number of para-hydroxylation sites is 4. The number of aromatic nitrogens is 2. The van der Waals surface area contributed by atoms with Gasteiger partial charge in [-0.1, -0.05) is 41.9 Å². The molecule has 0 spiro atoms. The number of benzene rings is 3. The summed E-state index contributed by atoms with van der Waals surface area (Å²) in [5, 5.41) is 3.55. The van der Waals surface area contributed by atoms with E-state index in [0.29, 0.717) is 36.1 Å². The summed E-state index contributed by atoms with van der Waals surface area (Å²) >= 11 is 6.04. The van der Waals surface area contributed by atoms with E-state index in [1.165, 1.54) is 0 Å². The topological polar surface area (TPSA) is 65.4 Å². The molecule has 0 saturated carbocycles. The van der Waals surface area contributed by atoms with Gasteiger partial charge in [-0.15, -0.1) is 0 Å². The van der Waals surface area contributed by atoms with Gasteiger partial charge in [0.15, 0.2) is 11.5 Å². The van der Waals surface area contributed by atoms with E-state index in [2.05, 4.69) is 9.88 Å². The highest BCUT2D eigenvalue weighted by atomic mass is 35.5. The van der Waals surface area contributed by atoms with Crippen molar-refractivity contribution in [2.45, 2.75) is 26.4 Å². The van der Waals surface area contributed by atoms with E-state index in [-0.39, 0.29) is 11.9 Å². The molecule has 4 rings (SSSR count). The number of imidazole rings is 1. The molecule has 170 valence electrons. The molecular weight excluding hydrogens is 438 g/mol. The van der Waals surface area contributed by atoms with Crippen LogP contribution in [-0.2, 0) is 6.54 Å². The lowest BCUT2D eigenvalue weighted by molar-refractivity contribution is 0.0937. The van der Waals surface area contributed by atoms with Crippen molar-refractivity contribution in [2.24, 2.45) is 0 Å². The molecule has 1 atom stereocenters. The molecule has 3 aromatic carbocycles. The molecule has 4 aromatic rings. The number of amides is 1. The number of hydrogen-bond acceptors (Lipinski definition) is 4. The second kappa shape index (κ2) is 10.4. The maximum Gasteiger partial charge on any atom is 0.251 e.